The molecule has 0 saturated carbocycles. The van der Waals surface area contributed by atoms with Crippen LogP contribution in [0.3, 0.4) is 0 Å². The van der Waals surface area contributed by atoms with Gasteiger partial charge in [0, 0.05) is 24.9 Å². The summed E-state index contributed by atoms with van der Waals surface area (Å²) in [7, 11) is 1.61. The van der Waals surface area contributed by atoms with E-state index < -0.39 is 0 Å². The van der Waals surface area contributed by atoms with Gasteiger partial charge in [0.05, 0.1) is 13.2 Å². The summed E-state index contributed by atoms with van der Waals surface area (Å²) in [6.07, 6.45) is 5.91. The van der Waals surface area contributed by atoms with Gasteiger partial charge in [0.1, 0.15) is 5.75 Å². The number of methoxy groups -OCH3 is 1. The topological polar surface area (TPSA) is 59.6 Å². The summed E-state index contributed by atoms with van der Waals surface area (Å²) in [5.41, 5.74) is 1.78. The average molecular weight is 306 g/mol. The van der Waals surface area contributed by atoms with Crippen LogP contribution in [0.4, 0.5) is 10.5 Å². The first-order valence-corrected chi connectivity index (χ1v) is 8.00. The Morgan fingerprint density at radius 3 is 3.00 bits per heavy atom. The highest BCUT2D eigenvalue weighted by atomic mass is 16.5. The van der Waals surface area contributed by atoms with Crippen molar-refractivity contribution in [1.82, 2.24) is 5.32 Å². The van der Waals surface area contributed by atoms with Crippen molar-refractivity contribution in [3.05, 3.63) is 23.8 Å². The average Bonchev–Trinajstić information content (AvgIpc) is 2.54. The Morgan fingerprint density at radius 1 is 1.41 bits per heavy atom. The number of carbonyl (C=O) groups excluding carboxylic acids is 1. The van der Waals surface area contributed by atoms with E-state index in [1.54, 1.807) is 7.11 Å². The van der Waals surface area contributed by atoms with Gasteiger partial charge in [-0.05, 0) is 50.7 Å². The molecule has 0 aliphatic carbocycles. The minimum atomic E-state index is -0.180. The zero-order valence-electron chi connectivity index (χ0n) is 13.5. The smallest absolute Gasteiger partial charge is 0.319 e. The van der Waals surface area contributed by atoms with Crippen LogP contribution >= 0.6 is 0 Å². The van der Waals surface area contributed by atoms with E-state index >= 15 is 0 Å². The number of urea groups is 1. The summed E-state index contributed by atoms with van der Waals surface area (Å²) in [6.45, 7) is 3.50. The quantitative estimate of drug-likeness (QED) is 0.791. The number of hydrogen-bond acceptors (Lipinski definition) is 3. The normalized spacial score (nSPS) is 17.8. The van der Waals surface area contributed by atoms with E-state index in [2.05, 4.69) is 10.6 Å². The Kier molecular flexibility index (Phi) is 6.52. The van der Waals surface area contributed by atoms with Crippen LogP contribution < -0.4 is 15.4 Å². The van der Waals surface area contributed by atoms with Crippen molar-refractivity contribution in [3.63, 3.8) is 0 Å². The van der Waals surface area contributed by atoms with Gasteiger partial charge in [-0.1, -0.05) is 6.07 Å². The summed E-state index contributed by atoms with van der Waals surface area (Å²) in [5, 5.41) is 5.75. The zero-order valence-corrected chi connectivity index (χ0v) is 13.5. The summed E-state index contributed by atoms with van der Waals surface area (Å²) >= 11 is 0. The highest BCUT2D eigenvalue weighted by Gasteiger charge is 2.13. The number of hydrogen-bond donors (Lipinski definition) is 2. The summed E-state index contributed by atoms with van der Waals surface area (Å²) in [5.74, 6) is 0.732. The third-order valence-electron chi connectivity index (χ3n) is 3.96. The van der Waals surface area contributed by atoms with Crippen molar-refractivity contribution in [1.29, 1.82) is 0 Å². The minimum Gasteiger partial charge on any atom is -0.497 e. The van der Waals surface area contributed by atoms with Crippen LogP contribution in [0.2, 0.25) is 0 Å². The molecule has 1 aromatic carbocycles. The van der Waals surface area contributed by atoms with Gasteiger partial charge in [0.2, 0.25) is 0 Å². The molecule has 2 rings (SSSR count). The first kappa shape index (κ1) is 16.6. The summed E-state index contributed by atoms with van der Waals surface area (Å²) in [4.78, 5) is 11.9. The fourth-order valence-electron chi connectivity index (χ4n) is 2.60. The molecule has 22 heavy (non-hydrogen) atoms. The van der Waals surface area contributed by atoms with E-state index in [0.29, 0.717) is 12.6 Å². The fourth-order valence-corrected chi connectivity index (χ4v) is 2.60. The molecule has 0 bridgehead atoms. The van der Waals surface area contributed by atoms with Crippen molar-refractivity contribution in [2.24, 2.45) is 0 Å². The Labute approximate surface area is 132 Å². The second-order valence-corrected chi connectivity index (χ2v) is 5.69. The molecule has 1 aliphatic heterocycles. The van der Waals surface area contributed by atoms with Crippen LogP contribution in [0.1, 0.15) is 37.7 Å². The Bertz CT molecular complexity index is 485. The molecular weight excluding hydrogens is 280 g/mol. The maximum Gasteiger partial charge on any atom is 0.319 e. The van der Waals surface area contributed by atoms with E-state index in [-0.39, 0.29) is 6.03 Å². The molecule has 5 nitrogen and oxygen atoms in total. The number of amides is 2. The molecule has 0 aromatic heterocycles. The van der Waals surface area contributed by atoms with Crippen molar-refractivity contribution >= 4 is 11.7 Å². The van der Waals surface area contributed by atoms with Gasteiger partial charge in [-0.25, -0.2) is 4.79 Å². The molecule has 1 atom stereocenters. The number of carbonyl (C=O) groups is 1. The molecule has 2 amide bonds. The largest absolute Gasteiger partial charge is 0.497 e. The van der Waals surface area contributed by atoms with Crippen LogP contribution in [0.5, 0.6) is 5.75 Å². The molecule has 0 radical (unpaired) electrons. The third-order valence-corrected chi connectivity index (χ3v) is 3.96. The van der Waals surface area contributed by atoms with Gasteiger partial charge in [-0.3, -0.25) is 0 Å². The lowest BCUT2D eigenvalue weighted by molar-refractivity contribution is 0.0103. The lowest BCUT2D eigenvalue weighted by atomic mass is 10.0. The van der Waals surface area contributed by atoms with Gasteiger partial charge < -0.3 is 20.1 Å². The number of benzene rings is 1. The molecule has 1 fully saturated rings. The van der Waals surface area contributed by atoms with E-state index in [1.165, 1.54) is 12.8 Å². The number of rotatable bonds is 6. The molecule has 122 valence electrons. The van der Waals surface area contributed by atoms with Crippen molar-refractivity contribution < 1.29 is 14.3 Å². The molecule has 1 heterocycles. The monoisotopic (exact) mass is 306 g/mol. The highest BCUT2D eigenvalue weighted by molar-refractivity contribution is 5.90. The standard InChI is InChI=1S/C17H26N2O3/c1-13-8-9-15(21-2)12-16(13)19-17(20)18-10-5-7-14-6-3-4-11-22-14/h8-9,12,14H,3-7,10-11H2,1-2H3,(H2,18,19,20)/t14-/m1/s1. The van der Waals surface area contributed by atoms with Crippen LogP contribution in [0.25, 0.3) is 0 Å². The van der Waals surface area contributed by atoms with Gasteiger partial charge in [0.25, 0.3) is 0 Å². The zero-order chi connectivity index (χ0) is 15.8. The maximum atomic E-state index is 11.9. The Hall–Kier alpha value is -1.75. The predicted octanol–water partition coefficient (Wildman–Crippen LogP) is 3.47. The summed E-state index contributed by atoms with van der Waals surface area (Å²) in [6, 6.07) is 5.45. The van der Waals surface area contributed by atoms with E-state index in [4.69, 9.17) is 9.47 Å². The maximum absolute atomic E-state index is 11.9. The fraction of sp³-hybridized carbons (Fsp3) is 0.588. The van der Waals surface area contributed by atoms with Crippen molar-refractivity contribution in [2.75, 3.05) is 25.6 Å². The minimum absolute atomic E-state index is 0.180. The first-order valence-electron chi connectivity index (χ1n) is 8.00. The van der Waals surface area contributed by atoms with Gasteiger partial charge in [0.15, 0.2) is 0 Å². The SMILES string of the molecule is COc1ccc(C)c(NC(=O)NCCC[C@H]2CCCCO2)c1. The number of aryl methyl sites for hydroxylation is 1. The lowest BCUT2D eigenvalue weighted by Gasteiger charge is -2.22. The number of anilines is 1. The molecule has 2 N–H and O–H groups in total. The van der Waals surface area contributed by atoms with E-state index in [0.717, 1.165) is 42.9 Å². The molecule has 0 unspecified atom stereocenters. The van der Waals surface area contributed by atoms with Gasteiger partial charge >= 0.3 is 6.03 Å². The molecule has 1 aliphatic rings. The molecule has 0 spiro atoms. The third kappa shape index (κ3) is 5.22. The number of nitrogens with one attached hydrogen (secondary N) is 2. The molecule has 1 aromatic rings. The highest BCUT2D eigenvalue weighted by Crippen LogP contribution is 2.21. The predicted molar refractivity (Wildman–Crippen MR) is 87.6 cm³/mol. The van der Waals surface area contributed by atoms with Crippen molar-refractivity contribution in [3.8, 4) is 5.75 Å². The molecule has 1 saturated heterocycles. The van der Waals surface area contributed by atoms with Crippen LogP contribution in [-0.4, -0.2) is 32.4 Å². The van der Waals surface area contributed by atoms with Gasteiger partial charge in [-0.2, -0.15) is 0 Å². The first-order chi connectivity index (χ1) is 10.7. The van der Waals surface area contributed by atoms with Crippen LogP contribution in [0.15, 0.2) is 18.2 Å². The Balaban J connectivity index is 1.69. The van der Waals surface area contributed by atoms with E-state index in [1.807, 2.05) is 25.1 Å². The molecular formula is C17H26N2O3. The van der Waals surface area contributed by atoms with Crippen LogP contribution in [0, 0.1) is 6.92 Å². The van der Waals surface area contributed by atoms with Gasteiger partial charge in [-0.15, -0.1) is 0 Å². The lowest BCUT2D eigenvalue weighted by Crippen LogP contribution is -2.30. The van der Waals surface area contributed by atoms with E-state index in [9.17, 15) is 4.79 Å². The van der Waals surface area contributed by atoms with Crippen LogP contribution in [-0.2, 0) is 4.74 Å². The second-order valence-electron chi connectivity index (χ2n) is 5.69. The summed E-state index contributed by atoms with van der Waals surface area (Å²) < 4.78 is 10.9. The number of ether oxygens (including phenoxy) is 2. The van der Waals surface area contributed by atoms with Crippen molar-refractivity contribution in [2.45, 2.75) is 45.1 Å². The Morgan fingerprint density at radius 2 is 2.27 bits per heavy atom. The second kappa shape index (κ2) is 8.63. The molecule has 5 heteroatoms.